The second-order valence-electron chi connectivity index (χ2n) is 5.16. The van der Waals surface area contributed by atoms with Crippen LogP contribution in [0.3, 0.4) is 0 Å². The van der Waals surface area contributed by atoms with Crippen molar-refractivity contribution in [1.82, 2.24) is 19.7 Å². The Morgan fingerprint density at radius 2 is 2.14 bits per heavy atom. The maximum atomic E-state index is 11.2. The van der Waals surface area contributed by atoms with Gasteiger partial charge in [-0.25, -0.2) is 10.1 Å². The summed E-state index contributed by atoms with van der Waals surface area (Å²) in [5.41, 5.74) is 2.77. The standard InChI is InChI=1S/C15H11N5O/c16-8-9-1-5-13-12(7-9)17-15(20(13)10-2-3-10)11-4-6-14(21)19-18-11/h1,4-7,10H,2-3H2,(H,19,21). The molecule has 1 aliphatic rings. The van der Waals surface area contributed by atoms with E-state index in [4.69, 9.17) is 5.26 Å². The van der Waals surface area contributed by atoms with Crippen LogP contribution in [0.15, 0.2) is 35.1 Å². The molecule has 0 amide bonds. The van der Waals surface area contributed by atoms with Crippen LogP contribution in [0.2, 0.25) is 0 Å². The number of nitriles is 1. The van der Waals surface area contributed by atoms with Gasteiger partial charge in [-0.3, -0.25) is 4.79 Å². The maximum Gasteiger partial charge on any atom is 0.264 e. The first-order chi connectivity index (χ1) is 10.3. The number of nitrogens with zero attached hydrogens (tertiary/aromatic N) is 4. The van der Waals surface area contributed by atoms with Crippen molar-refractivity contribution in [2.24, 2.45) is 0 Å². The van der Waals surface area contributed by atoms with Gasteiger partial charge < -0.3 is 4.57 Å². The van der Waals surface area contributed by atoms with Gasteiger partial charge in [-0.05, 0) is 37.1 Å². The molecule has 2 aromatic heterocycles. The molecule has 0 spiro atoms. The van der Waals surface area contributed by atoms with E-state index in [1.54, 1.807) is 18.2 Å². The van der Waals surface area contributed by atoms with Gasteiger partial charge in [-0.2, -0.15) is 10.4 Å². The summed E-state index contributed by atoms with van der Waals surface area (Å²) in [7, 11) is 0. The van der Waals surface area contributed by atoms with Gasteiger partial charge in [0.15, 0.2) is 5.82 Å². The lowest BCUT2D eigenvalue weighted by Gasteiger charge is -2.06. The molecule has 0 bridgehead atoms. The fourth-order valence-corrected chi connectivity index (χ4v) is 2.52. The smallest absolute Gasteiger partial charge is 0.264 e. The minimum absolute atomic E-state index is 0.236. The van der Waals surface area contributed by atoms with Crippen molar-refractivity contribution in [1.29, 1.82) is 5.26 Å². The number of hydrogen-bond acceptors (Lipinski definition) is 4. The molecule has 1 N–H and O–H groups in total. The minimum Gasteiger partial charge on any atom is -0.319 e. The van der Waals surface area contributed by atoms with Crippen molar-refractivity contribution in [3.05, 3.63) is 46.2 Å². The van der Waals surface area contributed by atoms with Gasteiger partial charge in [-0.15, -0.1) is 0 Å². The van der Waals surface area contributed by atoms with E-state index in [0.29, 0.717) is 17.3 Å². The van der Waals surface area contributed by atoms with Crippen molar-refractivity contribution in [3.8, 4) is 17.6 Å². The molecule has 1 fully saturated rings. The monoisotopic (exact) mass is 277 g/mol. The SMILES string of the molecule is N#Cc1ccc2c(c1)nc(-c1ccc(=O)[nH]n1)n2C1CC1. The third-order valence-electron chi connectivity index (χ3n) is 3.64. The molecule has 0 unspecified atom stereocenters. The highest BCUT2D eigenvalue weighted by Crippen LogP contribution is 2.40. The van der Waals surface area contributed by atoms with Crippen LogP contribution in [0, 0.1) is 11.3 Å². The fraction of sp³-hybridized carbons (Fsp3) is 0.200. The average molecular weight is 277 g/mol. The molecule has 1 aromatic carbocycles. The second-order valence-corrected chi connectivity index (χ2v) is 5.16. The maximum absolute atomic E-state index is 11.2. The molecule has 6 heteroatoms. The highest BCUT2D eigenvalue weighted by atomic mass is 16.1. The zero-order valence-electron chi connectivity index (χ0n) is 11.1. The highest BCUT2D eigenvalue weighted by Gasteiger charge is 2.29. The minimum atomic E-state index is -0.236. The number of imidazole rings is 1. The van der Waals surface area contributed by atoms with Crippen molar-refractivity contribution in [3.63, 3.8) is 0 Å². The number of hydrogen-bond donors (Lipinski definition) is 1. The zero-order valence-corrected chi connectivity index (χ0v) is 11.1. The van der Waals surface area contributed by atoms with E-state index in [1.807, 2.05) is 6.07 Å². The number of rotatable bonds is 2. The Hall–Kier alpha value is -2.94. The predicted octanol–water partition coefficient (Wildman–Crippen LogP) is 1.99. The van der Waals surface area contributed by atoms with Crippen LogP contribution in [-0.2, 0) is 0 Å². The summed E-state index contributed by atoms with van der Waals surface area (Å²) >= 11 is 0. The number of nitrogens with one attached hydrogen (secondary N) is 1. The van der Waals surface area contributed by atoms with Crippen molar-refractivity contribution in [2.75, 3.05) is 0 Å². The Kier molecular flexibility index (Phi) is 2.42. The van der Waals surface area contributed by atoms with Crippen LogP contribution in [0.1, 0.15) is 24.4 Å². The van der Waals surface area contributed by atoms with Crippen LogP contribution in [0.4, 0.5) is 0 Å². The lowest BCUT2D eigenvalue weighted by molar-refractivity contribution is 0.769. The van der Waals surface area contributed by atoms with Gasteiger partial charge in [0.2, 0.25) is 0 Å². The Morgan fingerprint density at radius 3 is 2.81 bits per heavy atom. The lowest BCUT2D eigenvalue weighted by atomic mass is 10.2. The summed E-state index contributed by atoms with van der Waals surface area (Å²) in [6, 6.07) is 11.2. The molecule has 1 aliphatic carbocycles. The Labute approximate surface area is 119 Å². The first-order valence-corrected chi connectivity index (χ1v) is 6.74. The van der Waals surface area contributed by atoms with E-state index in [-0.39, 0.29) is 5.56 Å². The van der Waals surface area contributed by atoms with Crippen molar-refractivity contribution < 1.29 is 0 Å². The molecule has 6 nitrogen and oxygen atoms in total. The third-order valence-corrected chi connectivity index (χ3v) is 3.64. The van der Waals surface area contributed by atoms with Crippen molar-refractivity contribution in [2.45, 2.75) is 18.9 Å². The van der Waals surface area contributed by atoms with Crippen LogP contribution in [0.25, 0.3) is 22.6 Å². The highest BCUT2D eigenvalue weighted by molar-refractivity contribution is 5.81. The van der Waals surface area contributed by atoms with Crippen LogP contribution in [0.5, 0.6) is 0 Å². The molecule has 3 aromatic rings. The predicted molar refractivity (Wildman–Crippen MR) is 76.6 cm³/mol. The van der Waals surface area contributed by atoms with Gasteiger partial charge in [0.25, 0.3) is 5.56 Å². The van der Waals surface area contributed by atoms with E-state index in [2.05, 4.69) is 25.8 Å². The Balaban J connectivity index is 1.99. The van der Waals surface area contributed by atoms with E-state index >= 15 is 0 Å². The molecule has 0 aliphatic heterocycles. The van der Waals surface area contributed by atoms with Crippen molar-refractivity contribution >= 4 is 11.0 Å². The summed E-state index contributed by atoms with van der Waals surface area (Å²) in [5.74, 6) is 0.735. The number of aromatic nitrogens is 4. The molecule has 0 saturated heterocycles. The topological polar surface area (TPSA) is 87.4 Å². The normalized spacial score (nSPS) is 14.2. The molecule has 0 radical (unpaired) electrons. The molecule has 2 heterocycles. The van der Waals surface area contributed by atoms with E-state index in [1.165, 1.54) is 6.07 Å². The summed E-state index contributed by atoms with van der Waals surface area (Å²) in [6.07, 6.45) is 2.23. The third kappa shape index (κ3) is 1.91. The first kappa shape index (κ1) is 11.9. The van der Waals surface area contributed by atoms with Gasteiger partial charge in [-0.1, -0.05) is 0 Å². The quantitative estimate of drug-likeness (QED) is 0.776. The number of benzene rings is 1. The molecule has 21 heavy (non-hydrogen) atoms. The largest absolute Gasteiger partial charge is 0.319 e. The number of fused-ring (bicyclic) bond motifs is 1. The van der Waals surface area contributed by atoms with Crippen LogP contribution < -0.4 is 5.56 Å². The summed E-state index contributed by atoms with van der Waals surface area (Å²) in [6.45, 7) is 0. The Bertz CT molecular complexity index is 922. The Morgan fingerprint density at radius 1 is 1.29 bits per heavy atom. The van der Waals surface area contributed by atoms with Crippen LogP contribution >= 0.6 is 0 Å². The molecule has 0 atom stereocenters. The lowest BCUT2D eigenvalue weighted by Crippen LogP contribution is -2.07. The summed E-state index contributed by atoms with van der Waals surface area (Å²) in [4.78, 5) is 15.8. The van der Waals surface area contributed by atoms with Gasteiger partial charge in [0, 0.05) is 12.1 Å². The van der Waals surface area contributed by atoms with Crippen LogP contribution in [-0.4, -0.2) is 19.7 Å². The van der Waals surface area contributed by atoms with Gasteiger partial charge in [0.05, 0.1) is 22.7 Å². The fourth-order valence-electron chi connectivity index (χ4n) is 2.52. The summed E-state index contributed by atoms with van der Waals surface area (Å²) < 4.78 is 2.15. The van der Waals surface area contributed by atoms with E-state index < -0.39 is 0 Å². The molecular formula is C15H11N5O. The summed E-state index contributed by atoms with van der Waals surface area (Å²) in [5, 5.41) is 15.5. The van der Waals surface area contributed by atoms with E-state index in [9.17, 15) is 4.79 Å². The van der Waals surface area contributed by atoms with E-state index in [0.717, 1.165) is 29.7 Å². The molecule has 1 saturated carbocycles. The molecular weight excluding hydrogens is 266 g/mol. The second kappa shape index (κ2) is 4.28. The number of H-pyrrole nitrogens is 1. The first-order valence-electron chi connectivity index (χ1n) is 6.74. The molecule has 102 valence electrons. The number of aromatic amines is 1. The van der Waals surface area contributed by atoms with Gasteiger partial charge >= 0.3 is 0 Å². The molecule has 4 rings (SSSR count). The van der Waals surface area contributed by atoms with Gasteiger partial charge in [0.1, 0.15) is 5.69 Å². The average Bonchev–Trinajstić information content (AvgIpc) is 3.27. The zero-order chi connectivity index (χ0) is 14.4.